The normalized spacial score (nSPS) is 20.4. The van der Waals surface area contributed by atoms with Gasteiger partial charge in [-0.05, 0) is 46.3 Å². The second-order valence-electron chi connectivity index (χ2n) is 14.1. The van der Waals surface area contributed by atoms with Crippen LogP contribution in [0.25, 0.3) is 0 Å². The molecule has 0 radical (unpaired) electrons. The van der Waals surface area contributed by atoms with Crippen LogP contribution in [0.2, 0.25) is 0 Å². The highest BCUT2D eigenvalue weighted by atomic mass is 32.2. The Morgan fingerprint density at radius 2 is 1.42 bits per heavy atom. The van der Waals surface area contributed by atoms with Crippen molar-refractivity contribution in [1.82, 2.24) is 30.9 Å². The number of hydrogen-bond donors (Lipinski definition) is 5. The van der Waals surface area contributed by atoms with Crippen molar-refractivity contribution in [2.45, 2.75) is 83.6 Å². The smallest absolute Gasteiger partial charge is 0.257 e. The summed E-state index contributed by atoms with van der Waals surface area (Å²) in [6.07, 6.45) is 12.6. The van der Waals surface area contributed by atoms with Gasteiger partial charge in [-0.3, -0.25) is 19.1 Å². The van der Waals surface area contributed by atoms with Crippen molar-refractivity contribution in [3.63, 3.8) is 0 Å². The lowest BCUT2D eigenvalue weighted by Gasteiger charge is -2.26. The van der Waals surface area contributed by atoms with Crippen molar-refractivity contribution in [3.05, 3.63) is 107 Å². The predicted octanol–water partition coefficient (Wildman–Crippen LogP) is 5.01. The lowest BCUT2D eigenvalue weighted by Crippen LogP contribution is -2.45. The largest absolute Gasteiger partial charge is 0.486 e. The van der Waals surface area contributed by atoms with Crippen LogP contribution in [0.15, 0.2) is 101 Å². The molecule has 3 rings (SSSR count). The number of rotatable bonds is 20. The molecule has 0 unspecified atom stereocenters. The molecule has 5 N–H and O–H groups in total. The number of hydrogen-bond acceptors (Lipinski definition) is 11. The van der Waals surface area contributed by atoms with E-state index >= 15 is 0 Å². The fourth-order valence-electron chi connectivity index (χ4n) is 5.05. The minimum atomic E-state index is -1.35. The number of aromatic nitrogens is 3. The summed E-state index contributed by atoms with van der Waals surface area (Å²) in [6, 6.07) is 0. The van der Waals surface area contributed by atoms with Gasteiger partial charge in [0.1, 0.15) is 23.3 Å². The van der Waals surface area contributed by atoms with E-state index in [0.29, 0.717) is 31.1 Å². The summed E-state index contributed by atoms with van der Waals surface area (Å²) in [6.45, 7) is 29.7. The summed E-state index contributed by atoms with van der Waals surface area (Å²) < 4.78 is 12.2. The monoisotopic (exact) mass is 798 g/mol. The Morgan fingerprint density at radius 3 is 1.87 bits per heavy atom. The maximum Gasteiger partial charge on any atom is 0.257 e. The molecule has 3 atom stereocenters. The summed E-state index contributed by atoms with van der Waals surface area (Å²) in [5, 5.41) is 35.4. The van der Waals surface area contributed by atoms with E-state index in [2.05, 4.69) is 65.6 Å². The van der Waals surface area contributed by atoms with E-state index in [-0.39, 0.29) is 42.9 Å². The van der Waals surface area contributed by atoms with E-state index < -0.39 is 22.2 Å². The molecule has 0 aromatic carbocycles. The zero-order chi connectivity index (χ0) is 41.4. The SMILES string of the molecule is C=C/C(C)=C/[C@@]1(C)SC(=C)C=C1OCC(=O)NCCC.C=C/C(C)=C/[C@@]1(C)SC(=C)C=C1OCC(=O)NCCn1cc(CNC(=O)[C@H](O)C(C)(C)CO)nn1. The van der Waals surface area contributed by atoms with Crippen molar-refractivity contribution in [2.75, 3.05) is 32.9 Å². The van der Waals surface area contributed by atoms with Crippen LogP contribution in [0.5, 0.6) is 0 Å². The summed E-state index contributed by atoms with van der Waals surface area (Å²) in [4.78, 5) is 37.7. The Bertz CT molecular complexity index is 1710. The molecule has 2 aliphatic rings. The number of nitrogens with one attached hydrogen (secondary N) is 3. The first kappa shape index (κ1) is 46.8. The van der Waals surface area contributed by atoms with E-state index in [1.165, 1.54) is 4.68 Å². The first-order valence-electron chi connectivity index (χ1n) is 17.9. The number of aliphatic hydroxyl groups is 2. The van der Waals surface area contributed by atoms with Crippen molar-refractivity contribution in [1.29, 1.82) is 0 Å². The van der Waals surface area contributed by atoms with E-state index in [1.807, 2.05) is 45.9 Å². The van der Waals surface area contributed by atoms with Crippen LogP contribution in [-0.2, 0) is 36.9 Å². The maximum absolute atomic E-state index is 12.3. The minimum absolute atomic E-state index is 0.0379. The maximum atomic E-state index is 12.3. The fourth-order valence-corrected chi connectivity index (χ4v) is 7.40. The number of ether oxygens (including phenoxy) is 2. The number of carbonyl (C=O) groups excluding carboxylic acids is 3. The van der Waals surface area contributed by atoms with Crippen LogP contribution in [0.3, 0.4) is 0 Å². The van der Waals surface area contributed by atoms with Gasteiger partial charge in [0, 0.05) is 28.3 Å². The van der Waals surface area contributed by atoms with E-state index in [4.69, 9.17) is 9.47 Å². The topological polar surface area (TPSA) is 177 Å². The number of aliphatic hydroxyl groups excluding tert-OH is 2. The Balaban J connectivity index is 0.000000443. The highest BCUT2D eigenvalue weighted by Gasteiger charge is 2.37. The molecule has 0 aliphatic carbocycles. The van der Waals surface area contributed by atoms with Gasteiger partial charge in [0.15, 0.2) is 13.2 Å². The Kier molecular flexibility index (Phi) is 18.5. The second kappa shape index (κ2) is 21.7. The highest BCUT2D eigenvalue weighted by Crippen LogP contribution is 2.47. The molecule has 302 valence electrons. The molecular formula is C40H58N6O7S2. The molecule has 3 heterocycles. The van der Waals surface area contributed by atoms with Crippen LogP contribution in [-0.4, -0.2) is 91.4 Å². The van der Waals surface area contributed by atoms with Crippen LogP contribution in [0.1, 0.15) is 60.6 Å². The molecule has 13 nitrogen and oxygen atoms in total. The van der Waals surface area contributed by atoms with Gasteiger partial charge in [-0.25, -0.2) is 0 Å². The molecule has 1 aromatic rings. The number of amides is 3. The van der Waals surface area contributed by atoms with Crippen LogP contribution < -0.4 is 16.0 Å². The van der Waals surface area contributed by atoms with Crippen LogP contribution in [0, 0.1) is 5.41 Å². The van der Waals surface area contributed by atoms with Crippen molar-refractivity contribution < 1.29 is 34.1 Å². The van der Waals surface area contributed by atoms with Crippen molar-refractivity contribution in [2.24, 2.45) is 5.41 Å². The van der Waals surface area contributed by atoms with Crippen molar-refractivity contribution in [3.8, 4) is 0 Å². The third-order valence-electron chi connectivity index (χ3n) is 8.28. The lowest BCUT2D eigenvalue weighted by molar-refractivity contribution is -0.137. The van der Waals surface area contributed by atoms with Gasteiger partial charge in [-0.15, -0.1) is 28.6 Å². The van der Waals surface area contributed by atoms with Crippen LogP contribution >= 0.6 is 23.5 Å². The second-order valence-corrected chi connectivity index (χ2v) is 17.2. The number of nitrogens with zero attached hydrogens (tertiary/aromatic N) is 3. The van der Waals surface area contributed by atoms with Gasteiger partial charge in [-0.2, -0.15) is 0 Å². The zero-order valence-electron chi connectivity index (χ0n) is 33.2. The van der Waals surface area contributed by atoms with Gasteiger partial charge in [0.05, 0.1) is 35.4 Å². The molecule has 1 aromatic heterocycles. The molecule has 0 bridgehead atoms. The standard InChI is InChI=1S/C24H35N5O5S.C16H23NO2S/c1-7-16(2)11-24(6)19(10-17(3)35-24)34-14-20(31)25-8-9-29-13-18(27-28-29)12-26-22(33)21(32)23(4,5)15-30;1-6-8-17-15(18)11-19-14-9-13(4)20-16(14,5)10-12(3)7-2/h7,10-11,13,21,30,32H,1,3,8-9,12,14-15H2,2,4-6H3,(H,25,31)(H,26,33);7,9-10H,2,4,6,8,11H2,1,3,5H3,(H,17,18)/b16-11+;12-10+/t21-,24+;16-/m01/s1. The van der Waals surface area contributed by atoms with E-state index in [1.54, 1.807) is 55.7 Å². The number of thioether (sulfide) groups is 2. The quantitative estimate of drug-likeness (QED) is 0.112. The van der Waals surface area contributed by atoms with Gasteiger partial charge in [-0.1, -0.05) is 87.8 Å². The molecule has 15 heteroatoms. The summed E-state index contributed by atoms with van der Waals surface area (Å²) >= 11 is 3.18. The Morgan fingerprint density at radius 1 is 0.927 bits per heavy atom. The molecule has 55 heavy (non-hydrogen) atoms. The zero-order valence-corrected chi connectivity index (χ0v) is 34.8. The first-order valence-corrected chi connectivity index (χ1v) is 19.5. The molecule has 0 saturated heterocycles. The number of carbonyl (C=O) groups is 3. The predicted molar refractivity (Wildman–Crippen MR) is 221 cm³/mol. The molecule has 0 fully saturated rings. The molecule has 0 saturated carbocycles. The third kappa shape index (κ3) is 15.0. The highest BCUT2D eigenvalue weighted by molar-refractivity contribution is 8.05. The minimum Gasteiger partial charge on any atom is -0.486 e. The Labute approximate surface area is 334 Å². The van der Waals surface area contributed by atoms with Gasteiger partial charge < -0.3 is 35.6 Å². The number of allylic oxidation sites excluding steroid dienone is 6. The van der Waals surface area contributed by atoms with E-state index in [9.17, 15) is 24.6 Å². The fraction of sp³-hybridized carbons (Fsp3) is 0.475. The molecule has 2 aliphatic heterocycles. The lowest BCUT2D eigenvalue weighted by atomic mass is 9.87. The summed E-state index contributed by atoms with van der Waals surface area (Å²) in [5.74, 6) is 0.464. The third-order valence-corrected chi connectivity index (χ3v) is 10.5. The average Bonchev–Trinajstić information content (AvgIpc) is 3.80. The summed E-state index contributed by atoms with van der Waals surface area (Å²) in [5.41, 5.74) is 1.62. The molecule has 0 spiro atoms. The van der Waals surface area contributed by atoms with Gasteiger partial charge >= 0.3 is 0 Å². The average molecular weight is 799 g/mol. The Hall–Kier alpha value is -4.31. The van der Waals surface area contributed by atoms with Gasteiger partial charge in [0.2, 0.25) is 5.91 Å². The molecular weight excluding hydrogens is 741 g/mol. The first-order chi connectivity index (χ1) is 25.8. The molecule has 3 amide bonds. The summed E-state index contributed by atoms with van der Waals surface area (Å²) in [7, 11) is 0. The van der Waals surface area contributed by atoms with Crippen LogP contribution in [0.4, 0.5) is 0 Å². The van der Waals surface area contributed by atoms with E-state index in [0.717, 1.165) is 33.1 Å². The van der Waals surface area contributed by atoms with Gasteiger partial charge in [0.25, 0.3) is 11.8 Å². The van der Waals surface area contributed by atoms with Crippen molar-refractivity contribution >= 4 is 41.2 Å².